The Hall–Kier alpha value is -3.09. The van der Waals surface area contributed by atoms with E-state index in [0.29, 0.717) is 6.04 Å². The second kappa shape index (κ2) is 14.0. The van der Waals surface area contributed by atoms with Crippen LogP contribution in [-0.2, 0) is 20.1 Å². The van der Waals surface area contributed by atoms with Gasteiger partial charge in [-0.2, -0.15) is 11.3 Å². The van der Waals surface area contributed by atoms with Gasteiger partial charge in [0, 0.05) is 30.8 Å². The molecular weight excluding hydrogens is 819 g/mol. The Morgan fingerprint density at radius 1 is 0.913 bits per heavy atom. The molecule has 7 rings (SSSR count). The molecule has 0 unspecified atom stereocenters. The van der Waals surface area contributed by atoms with Gasteiger partial charge in [-0.3, -0.25) is 4.98 Å². The van der Waals surface area contributed by atoms with Crippen molar-refractivity contribution in [3.63, 3.8) is 0 Å². The third-order valence-electron chi connectivity index (χ3n) is 8.01. The van der Waals surface area contributed by atoms with E-state index in [-0.39, 0.29) is 25.7 Å². The number of thiophene rings is 1. The minimum Gasteiger partial charge on any atom is 0 e. The van der Waals surface area contributed by atoms with Crippen LogP contribution < -0.4 is 4.40 Å². The molecule has 7 aromatic rings. The molecule has 6 heteroatoms. The van der Waals surface area contributed by atoms with Crippen LogP contribution in [0, 0.1) is 19.0 Å². The van der Waals surface area contributed by atoms with E-state index in [1.807, 2.05) is 49.6 Å². The number of benzene rings is 4. The fourth-order valence-electron chi connectivity index (χ4n) is 5.80. The number of hydrogen-bond acceptors (Lipinski definition) is 3. The molecule has 0 spiro atoms. The van der Waals surface area contributed by atoms with Crippen LogP contribution in [-0.4, -0.2) is 27.8 Å². The van der Waals surface area contributed by atoms with E-state index >= 15 is 0 Å². The number of rotatable bonds is 5. The maximum absolute atomic E-state index is 8.49. The molecule has 0 aliphatic rings. The number of pyridine rings is 1. The number of fused-ring (bicyclic) bond motifs is 4. The van der Waals surface area contributed by atoms with Gasteiger partial charge in [-0.05, 0) is 42.1 Å². The van der Waals surface area contributed by atoms with E-state index in [4.69, 9.17) is 10.5 Å². The summed E-state index contributed by atoms with van der Waals surface area (Å²) in [7, 11) is 0. The van der Waals surface area contributed by atoms with E-state index in [2.05, 4.69) is 101 Å². The molecule has 0 atom stereocenters. The zero-order valence-corrected chi connectivity index (χ0v) is 32.6. The summed E-state index contributed by atoms with van der Waals surface area (Å²) >= 11 is -0.312. The molecule has 1 radical (unpaired) electrons. The van der Waals surface area contributed by atoms with Gasteiger partial charge in [0.25, 0.3) is 0 Å². The fourth-order valence-corrected chi connectivity index (χ4v) is 10.3. The molecule has 0 N–H and O–H groups in total. The van der Waals surface area contributed by atoms with E-state index < -0.39 is 26.0 Å². The smallest absolute Gasteiger partial charge is 0 e. The molecule has 3 heterocycles. The summed E-state index contributed by atoms with van der Waals surface area (Å²) in [6.45, 7) is 6.09. The van der Waals surface area contributed by atoms with E-state index in [1.54, 1.807) is 12.1 Å². The van der Waals surface area contributed by atoms with Gasteiger partial charge < -0.3 is 4.57 Å². The Balaban J connectivity index is 0.000000191. The average Bonchev–Trinajstić information content (AvgIpc) is 3.63. The SMILES string of the molecule is CC(C)n1c(-c2[c-]ccc3c2sc2ccccc23)nc2ccccc21.[2H]C([2H])([2H])c1c[c-]c(-c2cc(C([2H])(C)C)[c]([Ge]([CH3])([CH3])[CH3])cn2)cc1.[Ir]. The Morgan fingerprint density at radius 3 is 2.37 bits per heavy atom. The first-order chi connectivity index (χ1) is 23.0. The molecule has 0 aliphatic carbocycles. The predicted octanol–water partition coefficient (Wildman–Crippen LogP) is 11.0. The second-order valence-electron chi connectivity index (χ2n) is 12.9. The number of aromatic nitrogens is 3. The van der Waals surface area contributed by atoms with Crippen molar-refractivity contribution >= 4 is 60.2 Å². The molecule has 0 bridgehead atoms. The van der Waals surface area contributed by atoms with Gasteiger partial charge in [0.1, 0.15) is 0 Å². The van der Waals surface area contributed by atoms with Crippen molar-refractivity contribution in [1.29, 1.82) is 0 Å². The molecule has 0 saturated carbocycles. The Bertz CT molecular complexity index is 2280. The van der Waals surface area contributed by atoms with Crippen molar-refractivity contribution in [3.05, 3.63) is 114 Å². The van der Waals surface area contributed by atoms with E-state index in [1.165, 1.54) is 36.2 Å². The van der Waals surface area contributed by atoms with Crippen molar-refractivity contribution in [2.75, 3.05) is 0 Å². The third kappa shape index (κ3) is 6.80. The zero-order chi connectivity index (χ0) is 35.3. The van der Waals surface area contributed by atoms with E-state index in [9.17, 15) is 0 Å². The second-order valence-corrected chi connectivity index (χ2v) is 24.6. The summed E-state index contributed by atoms with van der Waals surface area (Å²) < 4.78 is 36.9. The Kier molecular flexibility index (Phi) is 8.82. The molecule has 0 saturated heterocycles. The van der Waals surface area contributed by atoms with Crippen LogP contribution >= 0.6 is 11.3 Å². The van der Waals surface area contributed by atoms with Crippen LogP contribution in [0.2, 0.25) is 17.3 Å². The molecule has 46 heavy (non-hydrogen) atoms. The largest absolute Gasteiger partial charge is 0 e. The molecule has 3 nitrogen and oxygen atoms in total. The van der Waals surface area contributed by atoms with Gasteiger partial charge in [0.15, 0.2) is 0 Å². The van der Waals surface area contributed by atoms with Crippen LogP contribution in [0.15, 0.2) is 91.1 Å². The first kappa shape index (κ1) is 29.1. The summed E-state index contributed by atoms with van der Waals surface area (Å²) in [5.74, 6) is 7.19. The minimum absolute atomic E-state index is 0. The first-order valence-corrected chi connectivity index (χ1v) is 23.5. The molecule has 3 aromatic heterocycles. The number of nitrogens with zero attached hydrogens (tertiary/aromatic N) is 3. The Morgan fingerprint density at radius 2 is 1.67 bits per heavy atom. The monoisotopic (exact) mass is 866 g/mol. The number of aryl methyl sites for hydroxylation is 1. The van der Waals surface area contributed by atoms with Crippen LogP contribution in [0.1, 0.15) is 56.2 Å². The Labute approximate surface area is 299 Å². The van der Waals surface area contributed by atoms with Gasteiger partial charge in [-0.1, -0.05) is 41.3 Å². The number of hydrogen-bond donors (Lipinski definition) is 0. The first-order valence-electron chi connectivity index (χ1n) is 17.4. The molecule has 0 amide bonds. The topological polar surface area (TPSA) is 30.7 Å². The maximum atomic E-state index is 8.49. The quantitative estimate of drug-likeness (QED) is 0.127. The zero-order valence-electron chi connectivity index (χ0n) is 31.3. The maximum Gasteiger partial charge on any atom is 0 e. The van der Waals surface area contributed by atoms with Gasteiger partial charge >= 0.3 is 131 Å². The van der Waals surface area contributed by atoms with Crippen molar-refractivity contribution in [1.82, 2.24) is 14.5 Å². The van der Waals surface area contributed by atoms with Gasteiger partial charge in [-0.25, -0.2) is 0 Å². The third-order valence-corrected chi connectivity index (χ3v) is 13.4. The van der Waals surface area contributed by atoms with Crippen molar-refractivity contribution in [2.24, 2.45) is 0 Å². The summed E-state index contributed by atoms with van der Waals surface area (Å²) in [4.78, 5) is 9.54. The standard InChI is InChI=1S/C22H17N2S.C18H24GeN.Ir/c1-14(2)24-19-12-5-4-11-18(19)23-22(24)17-10-7-9-16-15-8-3-6-13-20(15)25-21(16)17;1-13(2)16-11-18(15-9-7-14(3)8-10-15)20-12-17(16)19(4,5)6;/h3-9,11-14H,1-2H3;7-9,11-13H,1-6H3;/q2*-1;/i;3D3,13D;. The van der Waals surface area contributed by atoms with Crippen LogP contribution in [0.4, 0.5) is 0 Å². The van der Waals surface area contributed by atoms with Crippen LogP contribution in [0.25, 0.3) is 53.9 Å². The average molecular weight is 865 g/mol. The van der Waals surface area contributed by atoms with Crippen LogP contribution in [0.5, 0.6) is 0 Å². The van der Waals surface area contributed by atoms with E-state index in [0.717, 1.165) is 33.7 Å². The molecule has 237 valence electrons. The summed E-state index contributed by atoms with van der Waals surface area (Å²) in [5.41, 5.74) is 6.08. The van der Waals surface area contributed by atoms with Crippen molar-refractivity contribution < 1.29 is 25.6 Å². The summed E-state index contributed by atoms with van der Waals surface area (Å²) in [5, 5.41) is 2.60. The van der Waals surface area contributed by atoms with Gasteiger partial charge in [0.2, 0.25) is 0 Å². The molecule has 4 aromatic carbocycles. The molecule has 0 fully saturated rings. The fraction of sp³-hybridized carbons (Fsp3) is 0.250. The molecule has 0 aliphatic heterocycles. The normalized spacial score (nSPS) is 13.5. The summed E-state index contributed by atoms with van der Waals surface area (Å²) in [6, 6.07) is 34.8. The number of para-hydroxylation sites is 2. The summed E-state index contributed by atoms with van der Waals surface area (Å²) in [6.07, 6.45) is 1.91. The molecular formula is C40H41GeIrN3S-2. The predicted molar refractivity (Wildman–Crippen MR) is 198 cm³/mol. The van der Waals surface area contributed by atoms with Crippen molar-refractivity contribution in [3.8, 4) is 22.6 Å². The minimum atomic E-state index is -2.14. The van der Waals surface area contributed by atoms with Gasteiger partial charge in [-0.15, -0.1) is 18.2 Å². The number of imidazole rings is 1. The van der Waals surface area contributed by atoms with Crippen LogP contribution in [0.3, 0.4) is 0 Å². The van der Waals surface area contributed by atoms with Gasteiger partial charge in [0.05, 0.1) is 16.9 Å². The van der Waals surface area contributed by atoms with Crippen molar-refractivity contribution in [2.45, 2.75) is 63.8 Å².